The van der Waals surface area contributed by atoms with Crippen LogP contribution in [0.15, 0.2) is 11.3 Å². The highest BCUT2D eigenvalue weighted by Crippen LogP contribution is 2.19. The molecule has 0 saturated heterocycles. The largest absolute Gasteiger partial charge is 0.500 e. The highest BCUT2D eigenvalue weighted by Gasteiger charge is 2.31. The molecule has 0 radical (unpaired) electrons. The maximum absolute atomic E-state index is 11.7. The van der Waals surface area contributed by atoms with Gasteiger partial charge < -0.3 is 14.4 Å². The molecule has 0 saturated carbocycles. The minimum Gasteiger partial charge on any atom is -0.500 e. The number of hydrogen-bond acceptors (Lipinski definition) is 4. The minimum atomic E-state index is -0.606. The van der Waals surface area contributed by atoms with Crippen molar-refractivity contribution in [3.05, 3.63) is 11.3 Å². The Kier molecular flexibility index (Phi) is 3.71. The molecule has 5 heteroatoms. The first-order chi connectivity index (χ1) is 7.11. The van der Waals surface area contributed by atoms with Gasteiger partial charge in [0.2, 0.25) is 0 Å². The van der Waals surface area contributed by atoms with Crippen molar-refractivity contribution in [3.8, 4) is 0 Å². The van der Waals surface area contributed by atoms with Gasteiger partial charge in [0, 0.05) is 20.0 Å². The van der Waals surface area contributed by atoms with Crippen molar-refractivity contribution in [2.45, 2.75) is 13.3 Å². The Bertz CT molecular complexity index is 309. The molecule has 0 aliphatic carbocycles. The van der Waals surface area contributed by atoms with Crippen molar-refractivity contribution in [2.75, 3.05) is 27.3 Å². The average Bonchev–Trinajstić information content (AvgIpc) is 2.22. The number of ether oxygens (including phenoxy) is 2. The number of carbonyl (C=O) groups excluding carboxylic acids is 2. The van der Waals surface area contributed by atoms with Crippen molar-refractivity contribution in [1.29, 1.82) is 0 Å². The molecule has 5 nitrogen and oxygen atoms in total. The quantitative estimate of drug-likeness (QED) is 0.500. The summed E-state index contributed by atoms with van der Waals surface area (Å²) in [6.07, 6.45) is 0.548. The van der Waals surface area contributed by atoms with E-state index in [0.717, 1.165) is 0 Å². The number of hydrogen-bond donors (Lipinski definition) is 0. The van der Waals surface area contributed by atoms with E-state index in [1.54, 1.807) is 14.0 Å². The van der Waals surface area contributed by atoms with Gasteiger partial charge in [-0.3, -0.25) is 4.79 Å². The van der Waals surface area contributed by atoms with E-state index in [2.05, 4.69) is 0 Å². The summed E-state index contributed by atoms with van der Waals surface area (Å²) in [5.41, 5.74) is 0.0214. The molecule has 0 aromatic carbocycles. The second-order valence-corrected chi connectivity index (χ2v) is 3.20. The Labute approximate surface area is 88.6 Å². The molecule has 0 spiro atoms. The highest BCUT2D eigenvalue weighted by molar-refractivity contribution is 6.17. The van der Waals surface area contributed by atoms with Gasteiger partial charge >= 0.3 is 5.97 Å². The lowest BCUT2D eigenvalue weighted by atomic mass is 10.1. The van der Waals surface area contributed by atoms with Gasteiger partial charge in [-0.2, -0.15) is 0 Å². The Hall–Kier alpha value is -1.52. The molecule has 0 N–H and O–H groups in total. The van der Waals surface area contributed by atoms with E-state index in [9.17, 15) is 9.59 Å². The molecule has 0 atom stereocenters. The van der Waals surface area contributed by atoms with Gasteiger partial charge in [-0.15, -0.1) is 0 Å². The zero-order valence-electron chi connectivity index (χ0n) is 9.20. The predicted molar refractivity (Wildman–Crippen MR) is 52.9 cm³/mol. The lowest BCUT2D eigenvalue weighted by molar-refractivity contribution is -0.142. The molecular weight excluding hydrogens is 198 g/mol. The van der Waals surface area contributed by atoms with Crippen molar-refractivity contribution < 1.29 is 19.1 Å². The van der Waals surface area contributed by atoms with E-state index in [0.29, 0.717) is 18.7 Å². The van der Waals surface area contributed by atoms with E-state index in [4.69, 9.17) is 9.47 Å². The molecule has 1 heterocycles. The molecule has 15 heavy (non-hydrogen) atoms. The van der Waals surface area contributed by atoms with E-state index in [1.165, 1.54) is 12.0 Å². The zero-order chi connectivity index (χ0) is 11.4. The third kappa shape index (κ3) is 2.29. The number of esters is 1. The van der Waals surface area contributed by atoms with Gasteiger partial charge in [0.25, 0.3) is 5.91 Å². The summed E-state index contributed by atoms with van der Waals surface area (Å²) in [5, 5.41) is 0. The molecular formula is C10H15NO4. The van der Waals surface area contributed by atoms with Crippen LogP contribution < -0.4 is 0 Å². The smallest absolute Gasteiger partial charge is 0.347 e. The molecule has 0 bridgehead atoms. The molecule has 0 aromatic heterocycles. The van der Waals surface area contributed by atoms with Crippen LogP contribution in [0, 0.1) is 0 Å². The van der Waals surface area contributed by atoms with Crippen molar-refractivity contribution >= 4 is 11.9 Å². The number of amides is 1. The molecule has 84 valence electrons. The lowest BCUT2D eigenvalue weighted by Gasteiger charge is -2.25. The van der Waals surface area contributed by atoms with Crippen LogP contribution in [0.25, 0.3) is 0 Å². The Morgan fingerprint density at radius 3 is 2.73 bits per heavy atom. The van der Waals surface area contributed by atoms with Crippen LogP contribution in [-0.4, -0.2) is 44.1 Å². The number of nitrogens with zero attached hydrogens (tertiary/aromatic N) is 1. The predicted octanol–water partition coefficient (Wildman–Crippen LogP) is 0.312. The van der Waals surface area contributed by atoms with Gasteiger partial charge in [-0.05, 0) is 6.92 Å². The van der Waals surface area contributed by atoms with E-state index in [-0.39, 0.29) is 18.1 Å². The fourth-order valence-corrected chi connectivity index (χ4v) is 1.41. The van der Waals surface area contributed by atoms with Crippen molar-refractivity contribution in [3.63, 3.8) is 0 Å². The SMILES string of the molecule is CCOC(=O)C1=C(OC)CCN(C)C1=O. The monoisotopic (exact) mass is 213 g/mol. The van der Waals surface area contributed by atoms with E-state index < -0.39 is 5.97 Å². The maximum Gasteiger partial charge on any atom is 0.347 e. The Morgan fingerprint density at radius 1 is 1.53 bits per heavy atom. The Morgan fingerprint density at radius 2 is 2.20 bits per heavy atom. The first kappa shape index (κ1) is 11.6. The third-order valence-electron chi connectivity index (χ3n) is 2.24. The summed E-state index contributed by atoms with van der Waals surface area (Å²) < 4.78 is 9.83. The highest BCUT2D eigenvalue weighted by atomic mass is 16.5. The fourth-order valence-electron chi connectivity index (χ4n) is 1.41. The van der Waals surface area contributed by atoms with Crippen LogP contribution >= 0.6 is 0 Å². The van der Waals surface area contributed by atoms with Gasteiger partial charge in [0.1, 0.15) is 5.76 Å². The zero-order valence-corrected chi connectivity index (χ0v) is 9.20. The van der Waals surface area contributed by atoms with Crippen LogP contribution in [0.3, 0.4) is 0 Å². The molecule has 1 aliphatic rings. The van der Waals surface area contributed by atoms with Gasteiger partial charge in [0.05, 0.1) is 13.7 Å². The molecule has 1 aliphatic heterocycles. The third-order valence-corrected chi connectivity index (χ3v) is 2.24. The first-order valence-electron chi connectivity index (χ1n) is 4.81. The van der Waals surface area contributed by atoms with Crippen LogP contribution in [0.1, 0.15) is 13.3 Å². The second kappa shape index (κ2) is 4.82. The topological polar surface area (TPSA) is 55.8 Å². The molecule has 0 unspecified atom stereocenters. The summed E-state index contributed by atoms with van der Waals surface area (Å²) in [4.78, 5) is 24.7. The minimum absolute atomic E-state index is 0.0214. The van der Waals surface area contributed by atoms with Crippen molar-refractivity contribution in [2.24, 2.45) is 0 Å². The summed E-state index contributed by atoms with van der Waals surface area (Å²) in [6.45, 7) is 2.50. The summed E-state index contributed by atoms with van der Waals surface area (Å²) >= 11 is 0. The van der Waals surface area contributed by atoms with Crippen LogP contribution in [0.2, 0.25) is 0 Å². The molecule has 0 aromatic rings. The molecule has 1 rings (SSSR count). The first-order valence-corrected chi connectivity index (χ1v) is 4.81. The number of likely N-dealkylation sites (N-methyl/N-ethyl adjacent to an activating group) is 1. The number of methoxy groups -OCH3 is 1. The molecule has 1 amide bonds. The van der Waals surface area contributed by atoms with E-state index >= 15 is 0 Å². The van der Waals surface area contributed by atoms with Gasteiger partial charge in [-0.25, -0.2) is 4.79 Å². The van der Waals surface area contributed by atoms with Crippen molar-refractivity contribution in [1.82, 2.24) is 4.90 Å². The Balaban J connectivity index is 2.99. The van der Waals surface area contributed by atoms with E-state index in [1.807, 2.05) is 0 Å². The van der Waals surface area contributed by atoms with Crippen LogP contribution in [0.4, 0.5) is 0 Å². The lowest BCUT2D eigenvalue weighted by Crippen LogP contribution is -2.37. The summed E-state index contributed by atoms with van der Waals surface area (Å²) in [5.74, 6) is -0.529. The standard InChI is InChI=1S/C10H15NO4/c1-4-15-10(13)8-7(14-3)5-6-11(2)9(8)12/h4-6H2,1-3H3. The summed E-state index contributed by atoms with van der Waals surface area (Å²) in [6, 6.07) is 0. The second-order valence-electron chi connectivity index (χ2n) is 3.20. The van der Waals surface area contributed by atoms with Gasteiger partial charge in [-0.1, -0.05) is 0 Å². The van der Waals surface area contributed by atoms with Gasteiger partial charge in [0.15, 0.2) is 5.57 Å². The molecule has 0 fully saturated rings. The number of rotatable bonds is 3. The number of carbonyl (C=O) groups is 2. The van der Waals surface area contributed by atoms with Crippen LogP contribution in [-0.2, 0) is 19.1 Å². The normalized spacial score (nSPS) is 16.7. The van der Waals surface area contributed by atoms with Crippen LogP contribution in [0.5, 0.6) is 0 Å². The average molecular weight is 213 g/mol. The summed E-state index contributed by atoms with van der Waals surface area (Å²) in [7, 11) is 3.10. The maximum atomic E-state index is 11.7. The fraction of sp³-hybridized carbons (Fsp3) is 0.600.